The highest BCUT2D eigenvalue weighted by molar-refractivity contribution is 6.09. The fraction of sp³-hybridized carbons (Fsp3) is 0.407. The smallest absolute Gasteiger partial charge is 0.235 e. The topological polar surface area (TPSA) is 68.6 Å². The fourth-order valence-corrected chi connectivity index (χ4v) is 5.50. The van der Waals surface area contributed by atoms with Gasteiger partial charge in [-0.05, 0) is 80.8 Å². The van der Waals surface area contributed by atoms with Crippen molar-refractivity contribution in [1.29, 1.82) is 0 Å². The summed E-state index contributed by atoms with van der Waals surface area (Å²) in [4.78, 5) is 15.1. The van der Waals surface area contributed by atoms with Gasteiger partial charge >= 0.3 is 0 Å². The first-order valence-corrected chi connectivity index (χ1v) is 12.1. The summed E-state index contributed by atoms with van der Waals surface area (Å²) in [5.41, 5.74) is 4.37. The number of anilines is 1. The minimum atomic E-state index is -0.406. The monoisotopic (exact) mass is 458 g/mol. The van der Waals surface area contributed by atoms with E-state index in [4.69, 9.17) is 9.47 Å². The highest BCUT2D eigenvalue weighted by atomic mass is 16.5. The van der Waals surface area contributed by atoms with Gasteiger partial charge < -0.3 is 19.7 Å². The zero-order valence-corrected chi connectivity index (χ0v) is 19.7. The summed E-state index contributed by atoms with van der Waals surface area (Å²) in [5.74, 6) is 1.68. The van der Waals surface area contributed by atoms with E-state index in [1.807, 2.05) is 41.1 Å². The SMILES string of the molecule is COc1cc(-c2ccnn2-c2ccc(OC3CCN(C)CC3)cc2)cc2c1NC(=O)C21CCC1. The minimum Gasteiger partial charge on any atom is -0.495 e. The molecule has 1 N–H and O–H groups in total. The molecule has 0 bridgehead atoms. The number of nitrogens with zero attached hydrogens (tertiary/aromatic N) is 3. The second-order valence-electron chi connectivity index (χ2n) is 9.73. The van der Waals surface area contributed by atoms with Crippen LogP contribution >= 0.6 is 0 Å². The molecule has 2 aliphatic heterocycles. The quantitative estimate of drug-likeness (QED) is 0.614. The standard InChI is InChI=1S/C27H30N4O3/c1-30-14-9-21(10-15-30)34-20-6-4-19(5-7-20)31-23(8-13-28-31)18-16-22-25(24(17-18)33-2)29-26(32)27(22)11-3-12-27/h4-8,13,16-17,21H,3,9-12,14-15H2,1-2H3,(H,29,32). The zero-order chi connectivity index (χ0) is 23.3. The van der Waals surface area contributed by atoms with Crippen LogP contribution in [0.3, 0.4) is 0 Å². The van der Waals surface area contributed by atoms with Crippen molar-refractivity contribution in [2.45, 2.75) is 43.6 Å². The van der Waals surface area contributed by atoms with E-state index in [1.165, 1.54) is 0 Å². The van der Waals surface area contributed by atoms with Crippen molar-refractivity contribution >= 4 is 11.6 Å². The number of nitrogens with one attached hydrogen (secondary N) is 1. The molecule has 176 valence electrons. The molecule has 0 atom stereocenters. The molecule has 7 heteroatoms. The van der Waals surface area contributed by atoms with Gasteiger partial charge in [-0.3, -0.25) is 4.79 Å². The number of piperidine rings is 1. The van der Waals surface area contributed by atoms with Crippen molar-refractivity contribution in [1.82, 2.24) is 14.7 Å². The molecule has 3 aliphatic rings. The fourth-order valence-electron chi connectivity index (χ4n) is 5.50. The Hall–Kier alpha value is -3.32. The summed E-state index contributed by atoms with van der Waals surface area (Å²) in [7, 11) is 3.81. The molecule has 1 amide bonds. The van der Waals surface area contributed by atoms with Crippen LogP contribution in [0.4, 0.5) is 5.69 Å². The predicted molar refractivity (Wildman–Crippen MR) is 131 cm³/mol. The molecule has 1 aromatic heterocycles. The second kappa shape index (κ2) is 8.17. The van der Waals surface area contributed by atoms with Gasteiger partial charge in [0.25, 0.3) is 0 Å². The van der Waals surface area contributed by atoms with Crippen molar-refractivity contribution < 1.29 is 14.3 Å². The lowest BCUT2D eigenvalue weighted by molar-refractivity contribution is -0.123. The van der Waals surface area contributed by atoms with Crippen molar-refractivity contribution in [3.63, 3.8) is 0 Å². The van der Waals surface area contributed by atoms with Crippen LogP contribution in [0.1, 0.15) is 37.7 Å². The minimum absolute atomic E-state index is 0.0953. The Bertz CT molecular complexity index is 1220. The molecule has 7 nitrogen and oxygen atoms in total. The number of carbonyl (C=O) groups excluding carboxylic acids is 1. The van der Waals surface area contributed by atoms with Crippen molar-refractivity contribution in [3.8, 4) is 28.4 Å². The van der Waals surface area contributed by atoms with Gasteiger partial charge in [-0.15, -0.1) is 0 Å². The first-order valence-electron chi connectivity index (χ1n) is 12.1. The average molecular weight is 459 g/mol. The Morgan fingerprint density at radius 2 is 1.85 bits per heavy atom. The van der Waals surface area contributed by atoms with Crippen LogP contribution in [0.2, 0.25) is 0 Å². The van der Waals surface area contributed by atoms with Crippen molar-refractivity contribution in [3.05, 3.63) is 54.2 Å². The number of likely N-dealkylation sites (tertiary alicyclic amines) is 1. The van der Waals surface area contributed by atoms with Gasteiger partial charge in [0.1, 0.15) is 17.6 Å². The van der Waals surface area contributed by atoms with Crippen LogP contribution in [-0.4, -0.2) is 53.9 Å². The summed E-state index contributed by atoms with van der Waals surface area (Å²) in [6.07, 6.45) is 7.04. The summed E-state index contributed by atoms with van der Waals surface area (Å²) in [6.45, 7) is 2.15. The third-order valence-electron chi connectivity index (χ3n) is 7.71. The predicted octanol–water partition coefficient (Wildman–Crippen LogP) is 4.39. The second-order valence-corrected chi connectivity index (χ2v) is 9.73. The number of carbonyl (C=O) groups is 1. The van der Waals surface area contributed by atoms with E-state index in [1.54, 1.807) is 13.3 Å². The third-order valence-corrected chi connectivity index (χ3v) is 7.71. The number of aromatic nitrogens is 2. The number of ether oxygens (including phenoxy) is 2. The molecule has 1 saturated heterocycles. The zero-order valence-electron chi connectivity index (χ0n) is 19.7. The number of hydrogen-bond acceptors (Lipinski definition) is 5. The lowest BCUT2D eigenvalue weighted by Gasteiger charge is -2.36. The summed E-state index contributed by atoms with van der Waals surface area (Å²) in [6, 6.07) is 14.3. The molecule has 2 fully saturated rings. The summed E-state index contributed by atoms with van der Waals surface area (Å²) < 4.78 is 13.8. The number of fused-ring (bicyclic) bond motifs is 2. The van der Waals surface area contributed by atoms with E-state index in [2.05, 4.69) is 28.4 Å². The van der Waals surface area contributed by atoms with Gasteiger partial charge in [0.15, 0.2) is 0 Å². The number of methoxy groups -OCH3 is 1. The van der Waals surface area contributed by atoms with Gasteiger partial charge in [-0.25, -0.2) is 4.68 Å². The largest absolute Gasteiger partial charge is 0.495 e. The first-order chi connectivity index (χ1) is 16.6. The lowest BCUT2D eigenvalue weighted by Crippen LogP contribution is -2.40. The van der Waals surface area contributed by atoms with Gasteiger partial charge in [0, 0.05) is 18.7 Å². The number of rotatable bonds is 5. The van der Waals surface area contributed by atoms with E-state index in [-0.39, 0.29) is 12.0 Å². The van der Waals surface area contributed by atoms with Gasteiger partial charge in [-0.2, -0.15) is 5.10 Å². The maximum atomic E-state index is 12.8. The van der Waals surface area contributed by atoms with E-state index < -0.39 is 5.41 Å². The van der Waals surface area contributed by atoms with Gasteiger partial charge in [-0.1, -0.05) is 6.42 Å². The summed E-state index contributed by atoms with van der Waals surface area (Å²) >= 11 is 0. The number of benzene rings is 2. The molecule has 34 heavy (non-hydrogen) atoms. The molecule has 1 saturated carbocycles. The van der Waals surface area contributed by atoms with Crippen LogP contribution in [0.15, 0.2) is 48.7 Å². The van der Waals surface area contributed by atoms with Gasteiger partial charge in [0.2, 0.25) is 5.91 Å². The lowest BCUT2D eigenvalue weighted by atomic mass is 9.65. The molecule has 3 heterocycles. The molecule has 0 unspecified atom stereocenters. The molecular formula is C27H30N4O3. The van der Waals surface area contributed by atoms with Gasteiger partial charge in [0.05, 0.1) is 35.8 Å². The van der Waals surface area contributed by atoms with Crippen LogP contribution in [0.25, 0.3) is 16.9 Å². The average Bonchev–Trinajstić information content (AvgIpc) is 3.42. The molecule has 6 rings (SSSR count). The Labute approximate surface area is 199 Å². The molecule has 3 aromatic rings. The molecule has 1 aliphatic carbocycles. The van der Waals surface area contributed by atoms with Crippen molar-refractivity contribution in [2.75, 3.05) is 32.6 Å². The third kappa shape index (κ3) is 3.38. The van der Waals surface area contributed by atoms with E-state index >= 15 is 0 Å². The Morgan fingerprint density at radius 3 is 2.53 bits per heavy atom. The summed E-state index contributed by atoms with van der Waals surface area (Å²) in [5, 5.41) is 7.67. The molecule has 2 aromatic carbocycles. The number of amides is 1. The molecule has 1 spiro atoms. The first kappa shape index (κ1) is 21.2. The van der Waals surface area contributed by atoms with Crippen LogP contribution in [0, 0.1) is 0 Å². The number of hydrogen-bond donors (Lipinski definition) is 1. The maximum absolute atomic E-state index is 12.8. The highest BCUT2D eigenvalue weighted by Crippen LogP contribution is 2.54. The van der Waals surface area contributed by atoms with Crippen molar-refractivity contribution in [2.24, 2.45) is 0 Å². The van der Waals surface area contributed by atoms with E-state index in [9.17, 15) is 4.79 Å². The van der Waals surface area contributed by atoms with E-state index in [0.29, 0.717) is 5.75 Å². The molecule has 0 radical (unpaired) electrons. The Morgan fingerprint density at radius 1 is 1.09 bits per heavy atom. The normalized spacial score (nSPS) is 19.5. The van der Waals surface area contributed by atoms with Crippen LogP contribution in [0.5, 0.6) is 11.5 Å². The van der Waals surface area contributed by atoms with Crippen LogP contribution < -0.4 is 14.8 Å². The Kier molecular flexibility index (Phi) is 5.10. The highest BCUT2D eigenvalue weighted by Gasteiger charge is 2.52. The maximum Gasteiger partial charge on any atom is 0.235 e. The van der Waals surface area contributed by atoms with E-state index in [0.717, 1.165) is 79.1 Å². The molecular weight excluding hydrogens is 428 g/mol. The Balaban J connectivity index is 1.30. The van der Waals surface area contributed by atoms with Crippen LogP contribution in [-0.2, 0) is 10.2 Å².